The monoisotopic (exact) mass is 330 g/mol. The summed E-state index contributed by atoms with van der Waals surface area (Å²) >= 11 is 0. The highest BCUT2D eigenvalue weighted by atomic mass is 19.4. The average molecular weight is 330 g/mol. The van der Waals surface area contributed by atoms with Crippen molar-refractivity contribution in [3.05, 3.63) is 29.9 Å². The number of nitrogens with zero attached hydrogens (tertiary/aromatic N) is 2. The van der Waals surface area contributed by atoms with Crippen LogP contribution in [0.4, 0.5) is 13.2 Å². The predicted molar refractivity (Wildman–Crippen MR) is 75.9 cm³/mol. The van der Waals surface area contributed by atoms with Crippen molar-refractivity contribution in [3.63, 3.8) is 0 Å². The Morgan fingerprint density at radius 2 is 2.13 bits per heavy atom. The first kappa shape index (κ1) is 17.1. The van der Waals surface area contributed by atoms with Crippen LogP contribution in [0, 0.1) is 0 Å². The molecule has 126 valence electrons. The summed E-state index contributed by atoms with van der Waals surface area (Å²) in [5, 5.41) is 3.96. The molecule has 0 atom stereocenters. The van der Waals surface area contributed by atoms with Crippen LogP contribution in [0.25, 0.3) is 11.3 Å². The van der Waals surface area contributed by atoms with Gasteiger partial charge in [0.25, 0.3) is 0 Å². The Morgan fingerprint density at radius 1 is 1.39 bits per heavy atom. The standard InChI is InChI=1S/C15H17F3N2O3/c1-3-13-10(5-8-23-13)12-9-11(14(21)22-4-2)19-20(12)7-6-15(16,17)18/h5,8-9H,3-4,6-7H2,1-2H3. The Morgan fingerprint density at radius 3 is 2.74 bits per heavy atom. The molecule has 0 radical (unpaired) electrons. The van der Waals surface area contributed by atoms with Gasteiger partial charge in [0.1, 0.15) is 5.76 Å². The number of hydrogen-bond acceptors (Lipinski definition) is 4. The summed E-state index contributed by atoms with van der Waals surface area (Å²) in [5.41, 5.74) is 1.01. The van der Waals surface area contributed by atoms with Gasteiger partial charge >= 0.3 is 12.1 Å². The molecule has 0 saturated carbocycles. The number of halogens is 3. The molecule has 0 bridgehead atoms. The van der Waals surface area contributed by atoms with Gasteiger partial charge < -0.3 is 9.15 Å². The maximum absolute atomic E-state index is 12.5. The lowest BCUT2D eigenvalue weighted by molar-refractivity contribution is -0.137. The Hall–Kier alpha value is -2.25. The molecule has 0 aliphatic carbocycles. The molecule has 2 heterocycles. The number of hydrogen-bond donors (Lipinski definition) is 0. The smallest absolute Gasteiger partial charge is 0.390 e. The normalized spacial score (nSPS) is 11.7. The Bertz CT molecular complexity index is 674. The van der Waals surface area contributed by atoms with E-state index in [9.17, 15) is 18.0 Å². The lowest BCUT2D eigenvalue weighted by Gasteiger charge is -2.09. The van der Waals surface area contributed by atoms with Crippen molar-refractivity contribution in [2.24, 2.45) is 0 Å². The van der Waals surface area contributed by atoms with E-state index in [1.54, 1.807) is 13.0 Å². The zero-order valence-corrected chi connectivity index (χ0v) is 12.8. The Kier molecular flexibility index (Phi) is 5.12. The molecule has 0 saturated heterocycles. The molecule has 23 heavy (non-hydrogen) atoms. The van der Waals surface area contributed by atoms with E-state index in [1.165, 1.54) is 17.0 Å². The van der Waals surface area contributed by atoms with E-state index in [4.69, 9.17) is 9.15 Å². The van der Waals surface area contributed by atoms with Crippen molar-refractivity contribution in [1.82, 2.24) is 9.78 Å². The molecule has 0 aromatic carbocycles. The van der Waals surface area contributed by atoms with E-state index in [-0.39, 0.29) is 18.8 Å². The van der Waals surface area contributed by atoms with Gasteiger partial charge in [-0.25, -0.2) is 4.79 Å². The SMILES string of the molecule is CCOC(=O)c1cc(-c2ccoc2CC)n(CCC(F)(F)F)n1. The van der Waals surface area contributed by atoms with Gasteiger partial charge in [-0.1, -0.05) is 6.92 Å². The van der Waals surface area contributed by atoms with Gasteiger partial charge in [0, 0.05) is 12.0 Å². The number of furan rings is 1. The van der Waals surface area contributed by atoms with E-state index in [2.05, 4.69) is 5.10 Å². The predicted octanol–water partition coefficient (Wildman–Crippen LogP) is 3.83. The fourth-order valence-corrected chi connectivity index (χ4v) is 2.18. The molecule has 0 aliphatic rings. The molecule has 0 amide bonds. The number of carbonyl (C=O) groups excluding carboxylic acids is 1. The molecule has 0 aliphatic heterocycles. The number of alkyl halides is 3. The molecule has 2 aromatic heterocycles. The van der Waals surface area contributed by atoms with Gasteiger partial charge in [-0.2, -0.15) is 18.3 Å². The summed E-state index contributed by atoms with van der Waals surface area (Å²) < 4.78 is 48.8. The molecule has 2 rings (SSSR count). The van der Waals surface area contributed by atoms with Gasteiger partial charge in [0.2, 0.25) is 0 Å². The quantitative estimate of drug-likeness (QED) is 0.755. The van der Waals surface area contributed by atoms with Gasteiger partial charge in [0.15, 0.2) is 5.69 Å². The summed E-state index contributed by atoms with van der Waals surface area (Å²) in [6, 6.07) is 3.08. The first-order valence-electron chi connectivity index (χ1n) is 7.24. The van der Waals surface area contributed by atoms with Crippen LogP contribution in [0.5, 0.6) is 0 Å². The molecule has 0 spiro atoms. The van der Waals surface area contributed by atoms with Gasteiger partial charge in [-0.15, -0.1) is 0 Å². The molecule has 0 fully saturated rings. The van der Waals surface area contributed by atoms with Gasteiger partial charge in [-0.3, -0.25) is 4.68 Å². The van der Waals surface area contributed by atoms with Crippen LogP contribution >= 0.6 is 0 Å². The summed E-state index contributed by atoms with van der Waals surface area (Å²) in [4.78, 5) is 11.8. The third-order valence-electron chi connectivity index (χ3n) is 3.21. The number of carbonyl (C=O) groups is 1. The van der Waals surface area contributed by atoms with Crippen LogP contribution in [0.2, 0.25) is 0 Å². The second kappa shape index (κ2) is 6.89. The molecular weight excluding hydrogens is 313 g/mol. The second-order valence-electron chi connectivity index (χ2n) is 4.83. The van der Waals surface area contributed by atoms with E-state index in [0.717, 1.165) is 0 Å². The van der Waals surface area contributed by atoms with Crippen LogP contribution in [0.3, 0.4) is 0 Å². The average Bonchev–Trinajstić information content (AvgIpc) is 3.10. The molecule has 0 unspecified atom stereocenters. The zero-order valence-electron chi connectivity index (χ0n) is 12.8. The van der Waals surface area contributed by atoms with E-state index < -0.39 is 18.6 Å². The lowest BCUT2D eigenvalue weighted by Crippen LogP contribution is -2.14. The highest BCUT2D eigenvalue weighted by molar-refractivity contribution is 5.88. The summed E-state index contributed by atoms with van der Waals surface area (Å²) in [6.45, 7) is 3.29. The molecular formula is C15H17F3N2O3. The largest absolute Gasteiger partial charge is 0.469 e. The van der Waals surface area contributed by atoms with Gasteiger partial charge in [-0.05, 0) is 19.1 Å². The van der Waals surface area contributed by atoms with Crippen LogP contribution in [-0.4, -0.2) is 28.5 Å². The van der Waals surface area contributed by atoms with Crippen LogP contribution < -0.4 is 0 Å². The van der Waals surface area contributed by atoms with E-state index in [0.29, 0.717) is 23.4 Å². The summed E-state index contributed by atoms with van der Waals surface area (Å²) in [5.74, 6) is -0.0466. The number of aromatic nitrogens is 2. The zero-order chi connectivity index (χ0) is 17.0. The minimum Gasteiger partial charge on any atom is -0.469 e. The highest BCUT2D eigenvalue weighted by Crippen LogP contribution is 2.28. The third kappa shape index (κ3) is 4.14. The van der Waals surface area contributed by atoms with Crippen molar-refractivity contribution in [1.29, 1.82) is 0 Å². The minimum absolute atomic E-state index is 0.0210. The van der Waals surface area contributed by atoms with Crippen LogP contribution in [0.15, 0.2) is 22.8 Å². The van der Waals surface area contributed by atoms with E-state index in [1.807, 2.05) is 6.92 Å². The number of esters is 1. The topological polar surface area (TPSA) is 57.3 Å². The Labute approximate surface area is 131 Å². The van der Waals surface area contributed by atoms with Crippen molar-refractivity contribution >= 4 is 5.97 Å². The Balaban J connectivity index is 2.39. The fraction of sp³-hybridized carbons (Fsp3) is 0.467. The first-order valence-corrected chi connectivity index (χ1v) is 7.24. The van der Waals surface area contributed by atoms with Crippen molar-refractivity contribution in [2.45, 2.75) is 39.4 Å². The number of aryl methyl sites for hydroxylation is 2. The molecule has 5 nitrogen and oxygen atoms in total. The highest BCUT2D eigenvalue weighted by Gasteiger charge is 2.28. The molecule has 2 aromatic rings. The molecule has 0 N–H and O–H groups in total. The fourth-order valence-electron chi connectivity index (χ4n) is 2.18. The summed E-state index contributed by atoms with van der Waals surface area (Å²) in [7, 11) is 0. The summed E-state index contributed by atoms with van der Waals surface area (Å²) in [6.07, 6.45) is -3.32. The maximum Gasteiger partial charge on any atom is 0.390 e. The van der Waals surface area contributed by atoms with Crippen molar-refractivity contribution < 1.29 is 27.1 Å². The minimum atomic E-state index is -4.31. The van der Waals surface area contributed by atoms with Crippen molar-refractivity contribution in [3.8, 4) is 11.3 Å². The van der Waals surface area contributed by atoms with Crippen LogP contribution in [-0.2, 0) is 17.7 Å². The lowest BCUT2D eigenvalue weighted by atomic mass is 10.1. The second-order valence-corrected chi connectivity index (χ2v) is 4.83. The maximum atomic E-state index is 12.5. The van der Waals surface area contributed by atoms with E-state index >= 15 is 0 Å². The third-order valence-corrected chi connectivity index (χ3v) is 3.21. The van der Waals surface area contributed by atoms with Crippen molar-refractivity contribution in [2.75, 3.05) is 6.61 Å². The first-order chi connectivity index (χ1) is 10.9. The van der Waals surface area contributed by atoms with Crippen LogP contribution in [0.1, 0.15) is 36.5 Å². The number of ether oxygens (including phenoxy) is 1. The molecule has 8 heteroatoms. The number of rotatable bonds is 6. The van der Waals surface area contributed by atoms with Gasteiger partial charge in [0.05, 0.1) is 31.5 Å².